The molecule has 11 atom stereocenters. The normalized spacial score (nSPS) is 28.5. The molecule has 354 valence electrons. The summed E-state index contributed by atoms with van der Waals surface area (Å²) in [6, 6.07) is -1.21. The zero-order chi connectivity index (χ0) is 46.1. The Balaban J connectivity index is 1.46. The number of rotatable bonds is 25. The molecule has 3 aliphatic carbocycles. The lowest BCUT2D eigenvalue weighted by Gasteiger charge is -2.55. The van der Waals surface area contributed by atoms with Crippen molar-refractivity contribution in [3.8, 4) is 0 Å². The van der Waals surface area contributed by atoms with E-state index in [1.165, 1.54) is 4.90 Å². The van der Waals surface area contributed by atoms with Gasteiger partial charge in [0.15, 0.2) is 0 Å². The van der Waals surface area contributed by atoms with E-state index < -0.39 is 61.3 Å². The molecule has 0 heterocycles. The van der Waals surface area contributed by atoms with E-state index in [0.29, 0.717) is 44.9 Å². The van der Waals surface area contributed by atoms with Gasteiger partial charge in [0.2, 0.25) is 11.8 Å². The predicted molar refractivity (Wildman–Crippen MR) is 225 cm³/mol. The van der Waals surface area contributed by atoms with Gasteiger partial charge < -0.3 is 51.7 Å². The SMILES string of the molecule is CC(CCC(=O)O)[C@H]1CCC2C3C(C[C@H](O)[C@@]21C)[C@@H](C)CC[C@H](NC(=O)CCC(=O)NCCCC[C@@H](C(=O)O)N(CCNC(=O)O)CCN(CC(=O)O)CC(=O)O)CCC[C@H]3O. The number of aliphatic hydroxyl groups excluding tert-OH is 2. The Hall–Kier alpha value is -4.07. The van der Waals surface area contributed by atoms with Gasteiger partial charge in [-0.2, -0.15) is 0 Å². The fourth-order valence-corrected chi connectivity index (χ4v) is 11.0. The molecule has 0 spiro atoms. The van der Waals surface area contributed by atoms with Gasteiger partial charge in [-0.1, -0.05) is 20.8 Å². The number of aliphatic hydroxyl groups is 2. The average Bonchev–Trinajstić information content (AvgIpc) is 3.54. The van der Waals surface area contributed by atoms with Crippen LogP contribution in [0.3, 0.4) is 0 Å². The lowest BCUT2D eigenvalue weighted by molar-refractivity contribution is -0.148. The molecular formula is C43H73N5O14. The van der Waals surface area contributed by atoms with Crippen molar-refractivity contribution in [1.29, 1.82) is 0 Å². The Morgan fingerprint density at radius 2 is 1.40 bits per heavy atom. The Morgan fingerprint density at radius 3 is 2.03 bits per heavy atom. The zero-order valence-electron chi connectivity index (χ0n) is 36.7. The van der Waals surface area contributed by atoms with Gasteiger partial charge >= 0.3 is 30.0 Å². The van der Waals surface area contributed by atoms with Crippen molar-refractivity contribution in [2.24, 2.45) is 40.9 Å². The molecule has 62 heavy (non-hydrogen) atoms. The van der Waals surface area contributed by atoms with Crippen LogP contribution in [-0.4, -0.2) is 157 Å². The van der Waals surface area contributed by atoms with Crippen LogP contribution in [0, 0.1) is 40.9 Å². The molecule has 0 saturated heterocycles. The molecule has 0 aromatic heterocycles. The minimum absolute atomic E-state index is 0.0229. The van der Waals surface area contributed by atoms with E-state index in [2.05, 4.69) is 36.7 Å². The number of unbranched alkanes of at least 4 members (excludes halogenated alkanes) is 1. The first-order valence-electron chi connectivity index (χ1n) is 22.5. The standard InChI is InChI=1S/C43H73N5O14/c1-26-10-12-28(7-6-9-33(49)40-29(26)23-34(50)43(3)30(13-14-31(40)43)27(2)11-17-37(53)54)46-36(52)16-15-35(51)44-18-5-4-8-32(41(59)60)48(20-19-45-42(61)62)22-21-47(24-38(55)56)25-39(57)58/h26-34,40,45,49-50H,4-25H2,1-3H3,(H,44,51)(H,46,52)(H,53,54)(H,55,56)(H,57,58)(H,59,60)(H,61,62)/t26-,27?,28+,29?,30+,31?,32-,33+,34-,40?,43+/m0/s1. The molecule has 0 aliphatic heterocycles. The van der Waals surface area contributed by atoms with E-state index in [-0.39, 0.29) is 117 Å². The summed E-state index contributed by atoms with van der Waals surface area (Å²) < 4.78 is 0. The van der Waals surface area contributed by atoms with E-state index >= 15 is 0 Å². The van der Waals surface area contributed by atoms with Gasteiger partial charge in [0.1, 0.15) is 6.04 Å². The van der Waals surface area contributed by atoms with Crippen molar-refractivity contribution < 1.29 is 69.3 Å². The maximum absolute atomic E-state index is 13.0. The quantitative estimate of drug-likeness (QED) is 0.0589. The topological polar surface area (TPSA) is 304 Å². The average molecular weight is 884 g/mol. The number of hydrogen-bond donors (Lipinski definition) is 10. The number of aliphatic carboxylic acids is 4. The first kappa shape index (κ1) is 52.3. The predicted octanol–water partition coefficient (Wildman–Crippen LogP) is 2.52. The highest BCUT2D eigenvalue weighted by atomic mass is 16.4. The number of fused-ring (bicyclic) bond motifs is 3. The van der Waals surface area contributed by atoms with Crippen LogP contribution in [0.15, 0.2) is 0 Å². The van der Waals surface area contributed by atoms with E-state index in [1.807, 2.05) is 0 Å². The second kappa shape index (κ2) is 25.3. The van der Waals surface area contributed by atoms with E-state index in [0.717, 1.165) is 30.6 Å². The summed E-state index contributed by atoms with van der Waals surface area (Å²) in [6.45, 7) is 5.24. The smallest absolute Gasteiger partial charge is 0.404 e. The summed E-state index contributed by atoms with van der Waals surface area (Å²) in [7, 11) is 0. The number of carboxylic acids is 4. The number of hydrogen-bond acceptors (Lipinski definition) is 11. The van der Waals surface area contributed by atoms with Crippen molar-refractivity contribution in [2.75, 3.05) is 45.8 Å². The molecule has 0 aromatic carbocycles. The molecular weight excluding hydrogens is 810 g/mol. The lowest BCUT2D eigenvalue weighted by atomic mass is 9.51. The molecule has 0 aromatic rings. The van der Waals surface area contributed by atoms with Crippen molar-refractivity contribution in [3.63, 3.8) is 0 Å². The van der Waals surface area contributed by atoms with Crippen LogP contribution in [0.2, 0.25) is 0 Å². The number of nitrogens with one attached hydrogen (secondary N) is 3. The van der Waals surface area contributed by atoms with Crippen molar-refractivity contribution in [1.82, 2.24) is 25.8 Å². The molecule has 3 rings (SSSR count). The first-order chi connectivity index (χ1) is 29.2. The van der Waals surface area contributed by atoms with E-state index in [1.54, 1.807) is 0 Å². The largest absolute Gasteiger partial charge is 0.481 e. The van der Waals surface area contributed by atoms with Crippen LogP contribution < -0.4 is 16.0 Å². The highest BCUT2D eigenvalue weighted by Crippen LogP contribution is 2.63. The molecule has 10 N–H and O–H groups in total. The fraction of sp³-hybridized carbons (Fsp3) is 0.837. The number of amides is 3. The van der Waals surface area contributed by atoms with Gasteiger partial charge in [-0.3, -0.25) is 38.6 Å². The van der Waals surface area contributed by atoms with Crippen molar-refractivity contribution in [2.45, 2.75) is 141 Å². The van der Waals surface area contributed by atoms with Crippen LogP contribution >= 0.6 is 0 Å². The highest BCUT2D eigenvalue weighted by Gasteiger charge is 2.60. The number of carbonyl (C=O) groups is 7. The monoisotopic (exact) mass is 884 g/mol. The highest BCUT2D eigenvalue weighted by molar-refractivity contribution is 5.83. The summed E-state index contributed by atoms with van der Waals surface area (Å²) >= 11 is 0. The van der Waals surface area contributed by atoms with Gasteiger partial charge in [-0.25, -0.2) is 4.79 Å². The molecule has 19 nitrogen and oxygen atoms in total. The Morgan fingerprint density at radius 1 is 0.726 bits per heavy atom. The fourth-order valence-electron chi connectivity index (χ4n) is 11.0. The second-order valence-electron chi connectivity index (χ2n) is 18.3. The Bertz CT molecular complexity index is 1500. The van der Waals surface area contributed by atoms with Crippen molar-refractivity contribution >= 4 is 41.8 Å². The lowest BCUT2D eigenvalue weighted by Crippen LogP contribution is -2.55. The summed E-state index contributed by atoms with van der Waals surface area (Å²) in [5, 5.41) is 78.1. The van der Waals surface area contributed by atoms with Gasteiger partial charge in [0.05, 0.1) is 25.3 Å². The number of carbonyl (C=O) groups excluding carboxylic acids is 2. The maximum atomic E-state index is 13.0. The van der Waals surface area contributed by atoms with Crippen LogP contribution in [0.5, 0.6) is 0 Å². The first-order valence-corrected chi connectivity index (χ1v) is 22.5. The molecule has 3 amide bonds. The summed E-state index contributed by atoms with van der Waals surface area (Å²) in [5.41, 5.74) is -0.384. The minimum atomic E-state index is -1.31. The minimum Gasteiger partial charge on any atom is -0.481 e. The summed E-state index contributed by atoms with van der Waals surface area (Å²) in [4.78, 5) is 85.3. The maximum Gasteiger partial charge on any atom is 0.404 e. The summed E-state index contributed by atoms with van der Waals surface area (Å²) in [5.74, 6) is -4.26. The van der Waals surface area contributed by atoms with Crippen LogP contribution in [0.4, 0.5) is 4.79 Å². The van der Waals surface area contributed by atoms with Gasteiger partial charge in [0, 0.05) is 58.0 Å². The van der Waals surface area contributed by atoms with Crippen LogP contribution in [0.1, 0.15) is 117 Å². The molecule has 3 aliphatic rings. The van der Waals surface area contributed by atoms with Crippen molar-refractivity contribution in [3.05, 3.63) is 0 Å². The van der Waals surface area contributed by atoms with E-state index in [4.69, 9.17) is 15.3 Å². The molecule has 0 radical (unpaired) electrons. The van der Waals surface area contributed by atoms with Gasteiger partial charge in [-0.05, 0) is 118 Å². The van der Waals surface area contributed by atoms with Gasteiger partial charge in [0.25, 0.3) is 0 Å². The van der Waals surface area contributed by atoms with Crippen LogP contribution in [-0.2, 0) is 28.8 Å². The Kier molecular flexibility index (Phi) is 21.3. The molecule has 3 fully saturated rings. The Labute approximate surface area is 364 Å². The van der Waals surface area contributed by atoms with E-state index in [9.17, 15) is 54.0 Å². The molecule has 0 bridgehead atoms. The van der Waals surface area contributed by atoms with Crippen LogP contribution in [0.25, 0.3) is 0 Å². The zero-order valence-corrected chi connectivity index (χ0v) is 36.7. The second-order valence-corrected chi connectivity index (χ2v) is 18.3. The molecule has 3 saturated carbocycles. The molecule has 19 heteroatoms. The molecule has 4 unspecified atom stereocenters. The van der Waals surface area contributed by atoms with Gasteiger partial charge in [-0.15, -0.1) is 0 Å². The third kappa shape index (κ3) is 15.9. The third-order valence-corrected chi connectivity index (χ3v) is 14.3. The third-order valence-electron chi connectivity index (χ3n) is 14.3. The number of carboxylic acid groups (broad SMARTS) is 5. The number of nitrogens with zero attached hydrogens (tertiary/aromatic N) is 2. The summed E-state index contributed by atoms with van der Waals surface area (Å²) in [6.07, 6.45) is 5.01.